The molecule has 3 heterocycles. The van der Waals surface area contributed by atoms with E-state index in [1.54, 1.807) is 12.3 Å². The zero-order chi connectivity index (χ0) is 21.5. The van der Waals surface area contributed by atoms with Crippen LogP contribution in [0.5, 0.6) is 0 Å². The smallest absolute Gasteiger partial charge is 0.252 e. The van der Waals surface area contributed by atoms with E-state index in [9.17, 15) is 4.79 Å². The predicted molar refractivity (Wildman–Crippen MR) is 124 cm³/mol. The molecule has 3 unspecified atom stereocenters. The number of anilines is 3. The Morgan fingerprint density at radius 1 is 0.938 bits per heavy atom. The normalized spacial score (nSPS) is 22.7. The first-order valence-corrected chi connectivity index (χ1v) is 11.5. The minimum atomic E-state index is 0.0261. The highest BCUT2D eigenvalue weighted by molar-refractivity contribution is 5.78. The lowest BCUT2D eigenvalue weighted by Crippen LogP contribution is -2.31. The molecule has 7 nitrogen and oxygen atoms in total. The molecule has 32 heavy (non-hydrogen) atoms. The summed E-state index contributed by atoms with van der Waals surface area (Å²) < 4.78 is 1.94. The molecule has 3 aromatic heterocycles. The van der Waals surface area contributed by atoms with Gasteiger partial charge in [-0.1, -0.05) is 37.5 Å². The van der Waals surface area contributed by atoms with Crippen LogP contribution in [0.1, 0.15) is 44.6 Å². The standard InChI is InChI=1S/C25H26N6O/c32-23-12-10-19-14-26-25(30(22-15-27-28-16-22)20-7-2-1-3-8-20)29-24(19)31(23)21-11-9-17-5-4-6-18(17)13-21/h1-3,7-8,10,12,14-18,21H,4-6,9,11,13H2,(H,27,28). The highest BCUT2D eigenvalue weighted by Gasteiger charge is 2.35. The van der Waals surface area contributed by atoms with Crippen LogP contribution in [0.25, 0.3) is 11.0 Å². The summed E-state index contributed by atoms with van der Waals surface area (Å²) in [7, 11) is 0. The van der Waals surface area contributed by atoms with Crippen molar-refractivity contribution in [2.24, 2.45) is 11.8 Å². The van der Waals surface area contributed by atoms with Crippen molar-refractivity contribution in [3.8, 4) is 0 Å². The number of benzene rings is 1. The topological polar surface area (TPSA) is 79.7 Å². The monoisotopic (exact) mass is 426 g/mol. The maximum atomic E-state index is 13.1. The molecule has 6 rings (SSSR count). The molecule has 4 aromatic rings. The van der Waals surface area contributed by atoms with Crippen LogP contribution in [-0.4, -0.2) is 24.7 Å². The van der Waals surface area contributed by atoms with Crippen molar-refractivity contribution in [3.63, 3.8) is 0 Å². The van der Waals surface area contributed by atoms with Gasteiger partial charge in [0.15, 0.2) is 0 Å². The Morgan fingerprint density at radius 3 is 2.66 bits per heavy atom. The number of hydrogen-bond acceptors (Lipinski definition) is 5. The van der Waals surface area contributed by atoms with Crippen molar-refractivity contribution in [1.29, 1.82) is 0 Å². The largest absolute Gasteiger partial charge is 0.289 e. The summed E-state index contributed by atoms with van der Waals surface area (Å²) in [6.45, 7) is 0. The Balaban J connectivity index is 1.48. The van der Waals surface area contributed by atoms with E-state index in [1.807, 2.05) is 58.3 Å². The van der Waals surface area contributed by atoms with Crippen molar-refractivity contribution < 1.29 is 0 Å². The second-order valence-electron chi connectivity index (χ2n) is 9.04. The van der Waals surface area contributed by atoms with Gasteiger partial charge in [-0.05, 0) is 49.3 Å². The average molecular weight is 427 g/mol. The Labute approximate surface area is 186 Å². The molecule has 0 saturated heterocycles. The molecule has 2 fully saturated rings. The van der Waals surface area contributed by atoms with E-state index in [4.69, 9.17) is 4.98 Å². The van der Waals surface area contributed by atoms with Crippen LogP contribution in [0.15, 0.2) is 65.8 Å². The van der Waals surface area contributed by atoms with E-state index in [-0.39, 0.29) is 11.6 Å². The van der Waals surface area contributed by atoms with E-state index in [0.29, 0.717) is 11.6 Å². The predicted octanol–water partition coefficient (Wildman–Crippen LogP) is 5.13. The summed E-state index contributed by atoms with van der Waals surface area (Å²) >= 11 is 0. The molecular weight excluding hydrogens is 400 g/mol. The number of nitrogens with one attached hydrogen (secondary N) is 1. The molecule has 1 aromatic carbocycles. The number of aromatic nitrogens is 5. The molecular formula is C25H26N6O. The summed E-state index contributed by atoms with van der Waals surface area (Å²) in [5, 5.41) is 7.88. The second-order valence-corrected chi connectivity index (χ2v) is 9.04. The van der Waals surface area contributed by atoms with Gasteiger partial charge < -0.3 is 0 Å². The minimum absolute atomic E-state index is 0.0261. The van der Waals surface area contributed by atoms with Crippen molar-refractivity contribution in [2.75, 3.05) is 4.90 Å². The maximum absolute atomic E-state index is 13.1. The molecule has 0 bridgehead atoms. The maximum Gasteiger partial charge on any atom is 0.252 e. The fourth-order valence-electron chi connectivity index (χ4n) is 5.73. The Kier molecular flexibility index (Phi) is 4.74. The fourth-order valence-corrected chi connectivity index (χ4v) is 5.73. The van der Waals surface area contributed by atoms with Gasteiger partial charge in [-0.25, -0.2) is 4.98 Å². The first kappa shape index (κ1) is 19.2. The number of aromatic amines is 1. The molecule has 3 atom stereocenters. The fraction of sp³-hybridized carbons (Fsp3) is 0.360. The van der Waals surface area contributed by atoms with Gasteiger partial charge in [0.05, 0.1) is 11.9 Å². The number of fused-ring (bicyclic) bond motifs is 2. The highest BCUT2D eigenvalue weighted by atomic mass is 16.1. The lowest BCUT2D eigenvalue weighted by molar-refractivity contribution is 0.210. The third-order valence-corrected chi connectivity index (χ3v) is 7.24. The van der Waals surface area contributed by atoms with E-state index in [2.05, 4.69) is 15.2 Å². The molecule has 0 aliphatic heterocycles. The number of pyridine rings is 1. The molecule has 0 amide bonds. The van der Waals surface area contributed by atoms with E-state index >= 15 is 0 Å². The minimum Gasteiger partial charge on any atom is -0.289 e. The lowest BCUT2D eigenvalue weighted by atomic mass is 9.79. The molecule has 0 radical (unpaired) electrons. The van der Waals surface area contributed by atoms with Crippen molar-refractivity contribution in [1.82, 2.24) is 24.7 Å². The Morgan fingerprint density at radius 2 is 1.81 bits per heavy atom. The zero-order valence-electron chi connectivity index (χ0n) is 17.9. The van der Waals surface area contributed by atoms with Crippen LogP contribution in [0, 0.1) is 11.8 Å². The summed E-state index contributed by atoms with van der Waals surface area (Å²) in [4.78, 5) is 24.7. The van der Waals surface area contributed by atoms with Crippen molar-refractivity contribution >= 4 is 28.4 Å². The van der Waals surface area contributed by atoms with Gasteiger partial charge in [-0.2, -0.15) is 10.1 Å². The Hall–Kier alpha value is -3.48. The SMILES string of the molecule is O=c1ccc2cnc(N(c3ccccc3)c3cn[nH]c3)nc2n1C1CCC2CCCC2C1. The van der Waals surface area contributed by atoms with Gasteiger partial charge >= 0.3 is 0 Å². The first-order chi connectivity index (χ1) is 15.8. The molecule has 2 aliphatic rings. The summed E-state index contributed by atoms with van der Waals surface area (Å²) in [5.41, 5.74) is 2.52. The average Bonchev–Trinajstić information content (AvgIpc) is 3.52. The van der Waals surface area contributed by atoms with Gasteiger partial charge in [-0.3, -0.25) is 19.4 Å². The number of nitrogens with zero attached hydrogens (tertiary/aromatic N) is 5. The highest BCUT2D eigenvalue weighted by Crippen LogP contribution is 2.46. The van der Waals surface area contributed by atoms with Gasteiger partial charge in [0.1, 0.15) is 5.65 Å². The summed E-state index contributed by atoms with van der Waals surface area (Å²) in [6.07, 6.45) is 12.7. The van der Waals surface area contributed by atoms with Gasteiger partial charge in [0, 0.05) is 35.6 Å². The van der Waals surface area contributed by atoms with Crippen LogP contribution in [0.3, 0.4) is 0 Å². The number of rotatable bonds is 4. The van der Waals surface area contributed by atoms with Crippen molar-refractivity contribution in [3.05, 3.63) is 71.4 Å². The molecule has 162 valence electrons. The summed E-state index contributed by atoms with van der Waals surface area (Å²) in [5.74, 6) is 2.11. The second kappa shape index (κ2) is 7.89. The molecule has 1 N–H and O–H groups in total. The number of para-hydroxylation sites is 1. The molecule has 2 aliphatic carbocycles. The van der Waals surface area contributed by atoms with E-state index < -0.39 is 0 Å². The zero-order valence-corrected chi connectivity index (χ0v) is 17.9. The third kappa shape index (κ3) is 3.28. The van der Waals surface area contributed by atoms with E-state index in [1.165, 1.54) is 25.7 Å². The number of H-pyrrole nitrogens is 1. The Bertz CT molecular complexity index is 1280. The number of hydrogen-bond donors (Lipinski definition) is 1. The van der Waals surface area contributed by atoms with Crippen LogP contribution in [0.2, 0.25) is 0 Å². The quantitative estimate of drug-likeness (QED) is 0.490. The van der Waals surface area contributed by atoms with Gasteiger partial charge in [0.25, 0.3) is 5.56 Å². The molecule has 0 spiro atoms. The molecule has 7 heteroatoms. The van der Waals surface area contributed by atoms with Gasteiger partial charge in [0.2, 0.25) is 5.95 Å². The van der Waals surface area contributed by atoms with Gasteiger partial charge in [-0.15, -0.1) is 0 Å². The summed E-state index contributed by atoms with van der Waals surface area (Å²) in [6, 6.07) is 13.7. The third-order valence-electron chi connectivity index (χ3n) is 7.24. The van der Waals surface area contributed by atoms with Crippen LogP contribution < -0.4 is 10.5 Å². The van der Waals surface area contributed by atoms with Crippen LogP contribution in [0.4, 0.5) is 17.3 Å². The van der Waals surface area contributed by atoms with Crippen molar-refractivity contribution in [2.45, 2.75) is 44.6 Å². The van der Waals surface area contributed by atoms with E-state index in [0.717, 1.165) is 41.4 Å². The van der Waals surface area contributed by atoms with Crippen LogP contribution >= 0.6 is 0 Å². The lowest BCUT2D eigenvalue weighted by Gasteiger charge is -2.33. The first-order valence-electron chi connectivity index (χ1n) is 11.5. The van der Waals surface area contributed by atoms with Crippen LogP contribution in [-0.2, 0) is 0 Å². The molecule has 2 saturated carbocycles.